The average molecular weight is 173 g/mol. The second-order valence-corrected chi connectivity index (χ2v) is 2.10. The van der Waals surface area contributed by atoms with Crippen molar-refractivity contribution in [3.05, 3.63) is 18.0 Å². The second-order valence-electron chi connectivity index (χ2n) is 2.10. The minimum atomic E-state index is 0.214. The lowest BCUT2D eigenvalue weighted by molar-refractivity contribution is 0.379. The van der Waals surface area contributed by atoms with Crippen molar-refractivity contribution < 1.29 is 4.74 Å². The highest BCUT2D eigenvalue weighted by Gasteiger charge is 1.92. The fourth-order valence-electron chi connectivity index (χ4n) is 0.672. The van der Waals surface area contributed by atoms with Gasteiger partial charge in [0.15, 0.2) is 0 Å². The van der Waals surface area contributed by atoms with Crippen molar-refractivity contribution in [1.82, 2.24) is 9.97 Å². The molecule has 1 aromatic heterocycles. The Morgan fingerprint density at radius 2 is 2.15 bits per heavy atom. The average Bonchev–Trinajstić information content (AvgIpc) is 2.19. The summed E-state index contributed by atoms with van der Waals surface area (Å²) in [5, 5.41) is 8.22. The summed E-state index contributed by atoms with van der Waals surface area (Å²) >= 11 is 0. The molecule has 0 amide bonds. The van der Waals surface area contributed by atoms with Gasteiger partial charge in [0.25, 0.3) is 0 Å². The Balaban J connectivity index is 2.72. The van der Waals surface area contributed by atoms with Gasteiger partial charge < -0.3 is 4.74 Å². The topological polar surface area (TPSA) is 58.8 Å². The summed E-state index contributed by atoms with van der Waals surface area (Å²) in [7, 11) is 1.50. The van der Waals surface area contributed by atoms with Crippen molar-refractivity contribution in [2.45, 2.75) is 6.42 Å². The number of methoxy groups -OCH3 is 1. The third kappa shape index (κ3) is 2.80. The molecule has 4 heteroatoms. The Labute approximate surface area is 76.2 Å². The van der Waals surface area contributed by atoms with Crippen LogP contribution in [0.1, 0.15) is 12.0 Å². The molecule has 0 radical (unpaired) electrons. The van der Waals surface area contributed by atoms with Gasteiger partial charge in [-0.3, -0.25) is 0 Å². The summed E-state index contributed by atoms with van der Waals surface area (Å²) in [6.07, 6.45) is 3.32. The summed E-state index contributed by atoms with van der Waals surface area (Å²) in [5.74, 6) is 5.40. The molecule has 1 rings (SSSR count). The number of aromatic nitrogens is 2. The summed E-state index contributed by atoms with van der Waals surface area (Å²) in [6.45, 7) is 0. The second kappa shape index (κ2) is 4.74. The maximum Gasteiger partial charge on any atom is 0.316 e. The molecule has 0 aliphatic carbocycles. The SMILES string of the molecule is COc1ncc(C#CCC#N)cn1. The van der Waals surface area contributed by atoms with Crippen molar-refractivity contribution in [3.63, 3.8) is 0 Å². The monoisotopic (exact) mass is 173 g/mol. The van der Waals surface area contributed by atoms with Gasteiger partial charge in [-0.2, -0.15) is 5.26 Å². The van der Waals surface area contributed by atoms with Crippen LogP contribution < -0.4 is 4.74 Å². The first-order chi connectivity index (χ1) is 6.36. The van der Waals surface area contributed by atoms with E-state index in [0.29, 0.717) is 11.6 Å². The molecule has 0 aromatic carbocycles. The van der Waals surface area contributed by atoms with Crippen LogP contribution in [0, 0.1) is 23.2 Å². The molecule has 0 unspecified atom stereocenters. The summed E-state index contributed by atoms with van der Waals surface area (Å²) in [6, 6.07) is 2.23. The third-order valence-electron chi connectivity index (χ3n) is 1.21. The molecule has 13 heavy (non-hydrogen) atoms. The number of rotatable bonds is 1. The van der Waals surface area contributed by atoms with Crippen molar-refractivity contribution in [3.8, 4) is 23.9 Å². The number of hydrogen-bond donors (Lipinski definition) is 0. The summed E-state index contributed by atoms with van der Waals surface area (Å²) in [5.41, 5.74) is 0.677. The fraction of sp³-hybridized carbons (Fsp3) is 0.222. The predicted octanol–water partition coefficient (Wildman–Crippen LogP) is 0.750. The van der Waals surface area contributed by atoms with E-state index in [-0.39, 0.29) is 6.42 Å². The maximum absolute atomic E-state index is 8.22. The van der Waals surface area contributed by atoms with E-state index >= 15 is 0 Å². The Morgan fingerprint density at radius 1 is 1.46 bits per heavy atom. The van der Waals surface area contributed by atoms with Crippen LogP contribution in [0.4, 0.5) is 0 Å². The molecular formula is C9H7N3O. The molecular weight excluding hydrogens is 166 g/mol. The molecule has 0 bridgehead atoms. The van der Waals surface area contributed by atoms with Gasteiger partial charge in [0.1, 0.15) is 0 Å². The molecule has 0 aliphatic heterocycles. The van der Waals surface area contributed by atoms with Crippen LogP contribution in [0.15, 0.2) is 12.4 Å². The van der Waals surface area contributed by atoms with E-state index < -0.39 is 0 Å². The van der Waals surface area contributed by atoms with Crippen LogP contribution in [-0.2, 0) is 0 Å². The predicted molar refractivity (Wildman–Crippen MR) is 45.7 cm³/mol. The van der Waals surface area contributed by atoms with Crippen molar-refractivity contribution in [2.75, 3.05) is 7.11 Å². The van der Waals surface area contributed by atoms with Gasteiger partial charge in [-0.15, -0.1) is 0 Å². The maximum atomic E-state index is 8.22. The van der Waals surface area contributed by atoms with Crippen LogP contribution in [0.3, 0.4) is 0 Å². The summed E-state index contributed by atoms with van der Waals surface area (Å²) in [4.78, 5) is 7.71. The number of nitrogens with zero attached hydrogens (tertiary/aromatic N) is 3. The largest absolute Gasteiger partial charge is 0.467 e. The normalized spacial score (nSPS) is 8.00. The molecule has 0 atom stereocenters. The van der Waals surface area contributed by atoms with E-state index in [1.54, 1.807) is 12.4 Å². The minimum absolute atomic E-state index is 0.214. The van der Waals surface area contributed by atoms with Gasteiger partial charge in [-0.1, -0.05) is 11.8 Å². The zero-order valence-electron chi connectivity index (χ0n) is 7.11. The fourth-order valence-corrected chi connectivity index (χ4v) is 0.672. The van der Waals surface area contributed by atoms with E-state index in [0.717, 1.165) is 0 Å². The van der Waals surface area contributed by atoms with Gasteiger partial charge in [0.05, 0.1) is 25.2 Å². The Hall–Kier alpha value is -2.07. The number of nitriles is 1. The van der Waals surface area contributed by atoms with E-state index in [2.05, 4.69) is 21.8 Å². The standard InChI is InChI=1S/C9H7N3O/c1-13-9-11-6-8(7-12-9)4-2-3-5-10/h6-7H,3H2,1H3. The van der Waals surface area contributed by atoms with Crippen molar-refractivity contribution >= 4 is 0 Å². The highest BCUT2D eigenvalue weighted by Crippen LogP contribution is 1.99. The molecule has 0 saturated heterocycles. The smallest absolute Gasteiger partial charge is 0.316 e. The van der Waals surface area contributed by atoms with Crippen molar-refractivity contribution in [1.29, 1.82) is 5.26 Å². The third-order valence-corrected chi connectivity index (χ3v) is 1.21. The Kier molecular flexibility index (Phi) is 3.29. The number of hydrogen-bond acceptors (Lipinski definition) is 4. The molecule has 0 aliphatic rings. The first-order valence-electron chi connectivity index (χ1n) is 3.58. The van der Waals surface area contributed by atoms with Gasteiger partial charge in [0, 0.05) is 12.4 Å². The first-order valence-corrected chi connectivity index (χ1v) is 3.58. The van der Waals surface area contributed by atoms with Gasteiger partial charge >= 0.3 is 6.01 Å². The lowest BCUT2D eigenvalue weighted by Gasteiger charge is -1.94. The molecule has 4 nitrogen and oxygen atoms in total. The van der Waals surface area contributed by atoms with Crippen molar-refractivity contribution in [2.24, 2.45) is 0 Å². The first kappa shape index (κ1) is 9.02. The van der Waals surface area contributed by atoms with E-state index in [4.69, 9.17) is 10.00 Å². The van der Waals surface area contributed by atoms with Gasteiger partial charge in [0.2, 0.25) is 0 Å². The van der Waals surface area contributed by atoms with E-state index in [1.807, 2.05) is 6.07 Å². The highest BCUT2D eigenvalue weighted by atomic mass is 16.5. The zero-order chi connectivity index (χ0) is 9.52. The molecule has 0 N–H and O–H groups in total. The molecule has 0 saturated carbocycles. The van der Waals surface area contributed by atoms with Crippen LogP contribution in [-0.4, -0.2) is 17.1 Å². The molecule has 0 fully saturated rings. The molecule has 64 valence electrons. The Bertz CT molecular complexity index is 367. The summed E-state index contributed by atoms with van der Waals surface area (Å²) < 4.78 is 4.77. The highest BCUT2D eigenvalue weighted by molar-refractivity contribution is 5.30. The minimum Gasteiger partial charge on any atom is -0.467 e. The lowest BCUT2D eigenvalue weighted by Crippen LogP contribution is -1.91. The van der Waals surface area contributed by atoms with Crippen LogP contribution in [0.5, 0.6) is 6.01 Å². The quantitative estimate of drug-likeness (QED) is 0.588. The number of ether oxygens (including phenoxy) is 1. The zero-order valence-corrected chi connectivity index (χ0v) is 7.11. The van der Waals surface area contributed by atoms with E-state index in [1.165, 1.54) is 7.11 Å². The van der Waals surface area contributed by atoms with Crippen LogP contribution in [0.25, 0.3) is 0 Å². The van der Waals surface area contributed by atoms with E-state index in [9.17, 15) is 0 Å². The van der Waals surface area contributed by atoms with Gasteiger partial charge in [-0.05, 0) is 0 Å². The van der Waals surface area contributed by atoms with Gasteiger partial charge in [-0.25, -0.2) is 9.97 Å². The Morgan fingerprint density at radius 3 is 2.69 bits per heavy atom. The van der Waals surface area contributed by atoms with Crippen LogP contribution in [0.2, 0.25) is 0 Å². The molecule has 1 heterocycles. The van der Waals surface area contributed by atoms with Crippen LogP contribution >= 0.6 is 0 Å². The lowest BCUT2D eigenvalue weighted by atomic mass is 10.3. The molecule has 1 aromatic rings. The molecule has 0 spiro atoms.